The van der Waals surface area contributed by atoms with Gasteiger partial charge in [-0.1, -0.05) is 12.1 Å². The van der Waals surface area contributed by atoms with Gasteiger partial charge in [0, 0.05) is 25.9 Å². The Bertz CT molecular complexity index is 627. The Hall–Kier alpha value is -1.48. The van der Waals surface area contributed by atoms with E-state index in [1.54, 1.807) is 24.3 Å². The molecule has 1 aromatic carbocycles. The second kappa shape index (κ2) is 8.39. The molecule has 0 bridgehead atoms. The molecule has 23 heavy (non-hydrogen) atoms. The molecular formula is C15H22N2O5S. The van der Waals surface area contributed by atoms with E-state index in [1.807, 2.05) is 0 Å². The molecule has 1 fully saturated rings. The minimum atomic E-state index is -3.44. The van der Waals surface area contributed by atoms with Gasteiger partial charge in [0.25, 0.3) is 5.91 Å². The molecule has 0 aromatic heterocycles. The average molecular weight is 342 g/mol. The van der Waals surface area contributed by atoms with Gasteiger partial charge in [-0.25, -0.2) is 13.1 Å². The van der Waals surface area contributed by atoms with Crippen molar-refractivity contribution in [3.8, 4) is 0 Å². The second-order valence-corrected chi connectivity index (χ2v) is 7.14. The third kappa shape index (κ3) is 5.91. The van der Waals surface area contributed by atoms with Crippen LogP contribution in [0.25, 0.3) is 0 Å². The lowest BCUT2D eigenvalue weighted by Gasteiger charge is -2.12. The monoisotopic (exact) mass is 342 g/mol. The van der Waals surface area contributed by atoms with Gasteiger partial charge in [-0.3, -0.25) is 4.79 Å². The molecule has 1 aromatic rings. The molecule has 0 radical (unpaired) electrons. The molecule has 1 saturated heterocycles. The van der Waals surface area contributed by atoms with Crippen LogP contribution >= 0.6 is 0 Å². The van der Waals surface area contributed by atoms with E-state index in [-0.39, 0.29) is 18.2 Å². The molecule has 8 heteroatoms. The number of rotatable bonds is 8. The van der Waals surface area contributed by atoms with Gasteiger partial charge in [-0.05, 0) is 30.5 Å². The first-order chi connectivity index (χ1) is 11.0. The van der Waals surface area contributed by atoms with Gasteiger partial charge in [-0.2, -0.15) is 0 Å². The fourth-order valence-electron chi connectivity index (χ4n) is 2.32. The van der Waals surface area contributed by atoms with Gasteiger partial charge in [0.2, 0.25) is 10.0 Å². The van der Waals surface area contributed by atoms with E-state index in [4.69, 9.17) is 9.47 Å². The Kier molecular flexibility index (Phi) is 6.52. The first-order valence-corrected chi connectivity index (χ1v) is 9.13. The third-order valence-electron chi connectivity index (χ3n) is 3.40. The van der Waals surface area contributed by atoms with E-state index >= 15 is 0 Å². The van der Waals surface area contributed by atoms with Crippen molar-refractivity contribution in [2.24, 2.45) is 0 Å². The van der Waals surface area contributed by atoms with Crippen LogP contribution in [0.5, 0.6) is 0 Å². The van der Waals surface area contributed by atoms with E-state index < -0.39 is 16.1 Å². The molecule has 0 aliphatic carbocycles. The van der Waals surface area contributed by atoms with Crippen LogP contribution < -0.4 is 10.0 Å². The molecule has 1 atom stereocenters. The van der Waals surface area contributed by atoms with Crippen molar-refractivity contribution in [2.75, 3.05) is 32.2 Å². The molecule has 2 rings (SSSR count). The van der Waals surface area contributed by atoms with Gasteiger partial charge in [0.15, 0.2) is 0 Å². The number of methoxy groups -OCH3 is 1. The number of carbonyl (C=O) groups excluding carboxylic acids is 1. The van der Waals surface area contributed by atoms with E-state index in [2.05, 4.69) is 10.0 Å². The zero-order valence-corrected chi connectivity index (χ0v) is 13.9. The topological polar surface area (TPSA) is 93.7 Å². The number of carbonyl (C=O) groups is 1. The number of amides is 1. The average Bonchev–Trinajstić information content (AvgIpc) is 3.01. The van der Waals surface area contributed by atoms with Gasteiger partial charge in [-0.15, -0.1) is 0 Å². The Labute approximate surface area is 136 Å². The lowest BCUT2D eigenvalue weighted by atomic mass is 10.2. The van der Waals surface area contributed by atoms with Crippen molar-refractivity contribution in [3.05, 3.63) is 29.8 Å². The highest BCUT2D eigenvalue weighted by atomic mass is 32.2. The predicted molar refractivity (Wildman–Crippen MR) is 86.5 cm³/mol. The van der Waals surface area contributed by atoms with Crippen LogP contribution in [-0.4, -0.2) is 47.3 Å². The van der Waals surface area contributed by atoms with E-state index in [0.29, 0.717) is 30.9 Å². The molecule has 128 valence electrons. The number of sulfonamides is 1. The van der Waals surface area contributed by atoms with E-state index in [1.165, 1.54) is 7.11 Å². The highest BCUT2D eigenvalue weighted by Gasteiger charge is 2.23. The lowest BCUT2D eigenvalue weighted by molar-refractivity contribution is -0.124. The first kappa shape index (κ1) is 17.9. The summed E-state index contributed by atoms with van der Waals surface area (Å²) in [6.45, 7) is 1.15. The number of benzene rings is 1. The van der Waals surface area contributed by atoms with Crippen molar-refractivity contribution in [1.82, 2.24) is 4.72 Å². The summed E-state index contributed by atoms with van der Waals surface area (Å²) in [6, 6.07) is 6.80. The fourth-order valence-corrected chi connectivity index (χ4v) is 3.43. The maximum absolute atomic E-state index is 12.0. The summed E-state index contributed by atoms with van der Waals surface area (Å²) in [7, 11) is -1.93. The van der Waals surface area contributed by atoms with Crippen molar-refractivity contribution < 1.29 is 22.7 Å². The molecule has 1 aliphatic heterocycles. The van der Waals surface area contributed by atoms with Crippen LogP contribution in [0, 0.1) is 0 Å². The molecule has 2 N–H and O–H groups in total. The summed E-state index contributed by atoms with van der Waals surface area (Å²) in [5, 5.41) is 2.76. The van der Waals surface area contributed by atoms with Crippen LogP contribution in [0.3, 0.4) is 0 Å². The third-order valence-corrected chi connectivity index (χ3v) is 4.76. The highest BCUT2D eigenvalue weighted by molar-refractivity contribution is 7.88. The smallest absolute Gasteiger partial charge is 0.253 e. The number of ether oxygens (including phenoxy) is 2. The predicted octanol–water partition coefficient (Wildman–Crippen LogP) is 0.870. The molecule has 0 saturated carbocycles. The zero-order valence-electron chi connectivity index (χ0n) is 13.1. The van der Waals surface area contributed by atoms with E-state index in [0.717, 1.165) is 6.42 Å². The van der Waals surface area contributed by atoms with Crippen molar-refractivity contribution in [2.45, 2.75) is 24.7 Å². The molecular weight excluding hydrogens is 320 g/mol. The first-order valence-electron chi connectivity index (χ1n) is 7.48. The summed E-state index contributed by atoms with van der Waals surface area (Å²) in [5.74, 6) is -0.346. The summed E-state index contributed by atoms with van der Waals surface area (Å²) in [6.07, 6.45) is 1.17. The second-order valence-electron chi connectivity index (χ2n) is 5.34. The zero-order chi connectivity index (χ0) is 16.7. The highest BCUT2D eigenvalue weighted by Crippen LogP contribution is 2.17. The number of anilines is 1. The number of hydrogen-bond donors (Lipinski definition) is 2. The van der Waals surface area contributed by atoms with Crippen LogP contribution in [0.4, 0.5) is 5.69 Å². The van der Waals surface area contributed by atoms with E-state index in [9.17, 15) is 13.2 Å². The van der Waals surface area contributed by atoms with Gasteiger partial charge >= 0.3 is 0 Å². The fraction of sp³-hybridized carbons (Fsp3) is 0.533. The standard InChI is InChI=1S/C15H22N2O5S/c1-21-9-7-16-23(19,20)11-12-4-2-5-13(10-12)17-15(18)14-6-3-8-22-14/h2,4-5,10,14,16H,3,6-9,11H2,1H3,(H,17,18)/t14-/m1/s1. The normalized spacial score (nSPS) is 18.0. The van der Waals surface area contributed by atoms with Crippen LogP contribution in [-0.2, 0) is 30.0 Å². The molecule has 0 spiro atoms. The summed E-state index contributed by atoms with van der Waals surface area (Å²) in [4.78, 5) is 12.0. The largest absolute Gasteiger partial charge is 0.383 e. The van der Waals surface area contributed by atoms with Gasteiger partial charge < -0.3 is 14.8 Å². The lowest BCUT2D eigenvalue weighted by Crippen LogP contribution is -2.28. The molecule has 1 aliphatic rings. The summed E-state index contributed by atoms with van der Waals surface area (Å²) < 4.78 is 36.5. The molecule has 7 nitrogen and oxygen atoms in total. The quantitative estimate of drug-likeness (QED) is 0.684. The van der Waals surface area contributed by atoms with Crippen LogP contribution in [0.1, 0.15) is 18.4 Å². The molecule has 1 heterocycles. The van der Waals surface area contributed by atoms with Crippen molar-refractivity contribution >= 4 is 21.6 Å². The van der Waals surface area contributed by atoms with Gasteiger partial charge in [0.1, 0.15) is 6.10 Å². The molecule has 1 amide bonds. The Balaban J connectivity index is 1.95. The summed E-state index contributed by atoms with van der Waals surface area (Å²) >= 11 is 0. The maximum atomic E-state index is 12.0. The molecule has 0 unspecified atom stereocenters. The van der Waals surface area contributed by atoms with Crippen molar-refractivity contribution in [1.29, 1.82) is 0 Å². The number of nitrogens with one attached hydrogen (secondary N) is 2. The SMILES string of the molecule is COCCNS(=O)(=O)Cc1cccc(NC(=O)[C@H]2CCCO2)c1. The maximum Gasteiger partial charge on any atom is 0.253 e. The summed E-state index contributed by atoms with van der Waals surface area (Å²) in [5.41, 5.74) is 1.16. The van der Waals surface area contributed by atoms with Crippen molar-refractivity contribution in [3.63, 3.8) is 0 Å². The Morgan fingerprint density at radius 2 is 2.26 bits per heavy atom. The Morgan fingerprint density at radius 3 is 2.96 bits per heavy atom. The Morgan fingerprint density at radius 1 is 1.43 bits per heavy atom. The van der Waals surface area contributed by atoms with Crippen LogP contribution in [0.15, 0.2) is 24.3 Å². The number of hydrogen-bond acceptors (Lipinski definition) is 5. The minimum Gasteiger partial charge on any atom is -0.383 e. The van der Waals surface area contributed by atoms with Crippen LogP contribution in [0.2, 0.25) is 0 Å². The minimum absolute atomic E-state index is 0.152. The van der Waals surface area contributed by atoms with Gasteiger partial charge in [0.05, 0.1) is 12.4 Å².